The van der Waals surface area contributed by atoms with Gasteiger partial charge in [-0.05, 0) is 12.8 Å². The molecular weight excluding hydrogens is 232 g/mol. The van der Waals surface area contributed by atoms with E-state index in [1.54, 1.807) is 0 Å². The fourth-order valence-electron chi connectivity index (χ4n) is 1.45. The second-order valence-electron chi connectivity index (χ2n) is 3.22. The fourth-order valence-corrected chi connectivity index (χ4v) is 1.60. The number of hydrogen-bond acceptors (Lipinski definition) is 2. The minimum absolute atomic E-state index is 0.0666. The molecule has 1 saturated carbocycles. The van der Waals surface area contributed by atoms with Crippen molar-refractivity contribution in [3.8, 4) is 0 Å². The highest BCUT2D eigenvalue weighted by atomic mass is 35.6. The predicted octanol–water partition coefficient (Wildman–Crippen LogP) is 2.45. The van der Waals surface area contributed by atoms with E-state index in [2.05, 4.69) is 4.99 Å². The molecule has 1 rings (SSSR count). The number of rotatable bonds is 1. The molecule has 0 N–H and O–H groups in total. The lowest BCUT2D eigenvalue weighted by Gasteiger charge is -2.24. The van der Waals surface area contributed by atoms with E-state index in [1.165, 1.54) is 6.42 Å². The number of nitrogens with zero attached hydrogens (tertiary/aromatic N) is 1. The minimum atomic E-state index is -1.88. The summed E-state index contributed by atoms with van der Waals surface area (Å²) in [7, 11) is 0. The molecule has 0 bridgehead atoms. The predicted molar refractivity (Wildman–Crippen MR) is 54.6 cm³/mol. The molecule has 0 radical (unpaired) electrons. The van der Waals surface area contributed by atoms with E-state index < -0.39 is 9.69 Å². The molecular formula is C8H11Cl3NO-. The van der Waals surface area contributed by atoms with Crippen LogP contribution >= 0.6 is 34.8 Å². The van der Waals surface area contributed by atoms with Gasteiger partial charge in [-0.25, -0.2) is 0 Å². The van der Waals surface area contributed by atoms with Crippen LogP contribution < -0.4 is 5.11 Å². The minimum Gasteiger partial charge on any atom is -0.859 e. The topological polar surface area (TPSA) is 35.4 Å². The Morgan fingerprint density at radius 2 is 1.69 bits per heavy atom. The van der Waals surface area contributed by atoms with Crippen molar-refractivity contribution in [1.29, 1.82) is 0 Å². The summed E-state index contributed by atoms with van der Waals surface area (Å²) in [5, 5.41) is 11.2. The third-order valence-corrected chi connectivity index (χ3v) is 2.60. The van der Waals surface area contributed by atoms with Gasteiger partial charge in [0.15, 0.2) is 0 Å². The number of alkyl halides is 3. The quantitative estimate of drug-likeness (QED) is 0.396. The van der Waals surface area contributed by atoms with Gasteiger partial charge in [0.2, 0.25) is 3.79 Å². The SMILES string of the molecule is [O-]C(=NC1CCCCC1)C(Cl)(Cl)Cl. The first-order valence-electron chi connectivity index (χ1n) is 4.32. The van der Waals surface area contributed by atoms with Crippen LogP contribution in [0.15, 0.2) is 4.99 Å². The molecule has 76 valence electrons. The highest BCUT2D eigenvalue weighted by Gasteiger charge is 2.21. The third kappa shape index (κ3) is 3.92. The van der Waals surface area contributed by atoms with Gasteiger partial charge in [0.05, 0.1) is 0 Å². The maximum absolute atomic E-state index is 11.2. The van der Waals surface area contributed by atoms with Gasteiger partial charge in [0.25, 0.3) is 0 Å². The van der Waals surface area contributed by atoms with Gasteiger partial charge in [-0.3, -0.25) is 4.99 Å². The molecule has 0 heterocycles. The van der Waals surface area contributed by atoms with Gasteiger partial charge < -0.3 is 5.11 Å². The van der Waals surface area contributed by atoms with Crippen LogP contribution in [-0.2, 0) is 0 Å². The van der Waals surface area contributed by atoms with Crippen molar-refractivity contribution in [2.24, 2.45) is 4.99 Å². The highest BCUT2D eigenvalue weighted by molar-refractivity contribution is 6.75. The largest absolute Gasteiger partial charge is 0.859 e. The summed E-state index contributed by atoms with van der Waals surface area (Å²) >= 11 is 16.2. The van der Waals surface area contributed by atoms with Crippen molar-refractivity contribution in [1.82, 2.24) is 0 Å². The molecule has 1 aliphatic rings. The second-order valence-corrected chi connectivity index (χ2v) is 5.51. The maximum atomic E-state index is 11.2. The molecule has 0 aromatic carbocycles. The molecule has 1 fully saturated rings. The summed E-state index contributed by atoms with van der Waals surface area (Å²) in [4.78, 5) is 3.87. The van der Waals surface area contributed by atoms with Gasteiger partial charge in [-0.15, -0.1) is 0 Å². The average Bonchev–Trinajstić information content (AvgIpc) is 2.04. The smallest absolute Gasteiger partial charge is 0.218 e. The van der Waals surface area contributed by atoms with Crippen molar-refractivity contribution in [3.05, 3.63) is 0 Å². The van der Waals surface area contributed by atoms with E-state index in [9.17, 15) is 5.11 Å². The Morgan fingerprint density at radius 3 is 2.15 bits per heavy atom. The zero-order valence-electron chi connectivity index (χ0n) is 7.10. The average molecular weight is 244 g/mol. The fraction of sp³-hybridized carbons (Fsp3) is 0.875. The number of hydrogen-bond donors (Lipinski definition) is 0. The first-order valence-corrected chi connectivity index (χ1v) is 5.45. The molecule has 0 atom stereocenters. The van der Waals surface area contributed by atoms with Gasteiger partial charge in [0.1, 0.15) is 0 Å². The van der Waals surface area contributed by atoms with Crippen molar-refractivity contribution in [2.45, 2.75) is 41.9 Å². The summed E-state index contributed by atoms with van der Waals surface area (Å²) in [6, 6.07) is 0.0666. The monoisotopic (exact) mass is 242 g/mol. The molecule has 5 heteroatoms. The van der Waals surface area contributed by atoms with Crippen LogP contribution in [0.3, 0.4) is 0 Å². The highest BCUT2D eigenvalue weighted by Crippen LogP contribution is 2.28. The Balaban J connectivity index is 2.53. The Labute approximate surface area is 92.9 Å². The molecule has 0 aromatic rings. The molecule has 0 spiro atoms. The Hall–Kier alpha value is 0.340. The first-order chi connectivity index (χ1) is 6.00. The van der Waals surface area contributed by atoms with Crippen LogP contribution in [0.4, 0.5) is 0 Å². The molecule has 13 heavy (non-hydrogen) atoms. The van der Waals surface area contributed by atoms with Gasteiger partial charge >= 0.3 is 0 Å². The van der Waals surface area contributed by atoms with Crippen LogP contribution in [0.5, 0.6) is 0 Å². The summed E-state index contributed by atoms with van der Waals surface area (Å²) in [5.41, 5.74) is 0. The lowest BCUT2D eigenvalue weighted by Crippen LogP contribution is -2.34. The second kappa shape index (κ2) is 4.72. The molecule has 0 aliphatic heterocycles. The third-order valence-electron chi connectivity index (χ3n) is 2.12. The van der Waals surface area contributed by atoms with E-state index in [4.69, 9.17) is 34.8 Å². The summed E-state index contributed by atoms with van der Waals surface area (Å²) in [6.07, 6.45) is 5.32. The van der Waals surface area contributed by atoms with E-state index in [0.29, 0.717) is 0 Å². The Kier molecular flexibility index (Phi) is 4.14. The van der Waals surface area contributed by atoms with E-state index in [-0.39, 0.29) is 6.04 Å². The summed E-state index contributed by atoms with van der Waals surface area (Å²) in [5.74, 6) is -0.635. The molecule has 0 amide bonds. The van der Waals surface area contributed by atoms with Crippen LogP contribution in [-0.4, -0.2) is 15.7 Å². The standard InChI is InChI=1S/C8H12Cl3NO/c9-8(10,11)7(13)12-6-4-2-1-3-5-6/h6H,1-5H2,(H,12,13)/p-1. The molecule has 2 nitrogen and oxygen atoms in total. The molecule has 0 saturated heterocycles. The van der Waals surface area contributed by atoms with Crippen LogP contribution in [0.2, 0.25) is 0 Å². The summed E-state index contributed by atoms with van der Waals surface area (Å²) < 4.78 is -1.88. The van der Waals surface area contributed by atoms with Gasteiger partial charge in [0, 0.05) is 11.9 Å². The number of aliphatic imine (C=N–C) groups is 1. The van der Waals surface area contributed by atoms with Crippen LogP contribution in [0, 0.1) is 0 Å². The van der Waals surface area contributed by atoms with Gasteiger partial charge in [-0.2, -0.15) is 0 Å². The van der Waals surface area contributed by atoms with E-state index >= 15 is 0 Å². The van der Waals surface area contributed by atoms with Crippen molar-refractivity contribution >= 4 is 40.7 Å². The molecule has 0 aromatic heterocycles. The van der Waals surface area contributed by atoms with Crippen molar-refractivity contribution in [2.75, 3.05) is 0 Å². The lowest BCUT2D eigenvalue weighted by molar-refractivity contribution is -0.218. The van der Waals surface area contributed by atoms with Crippen molar-refractivity contribution < 1.29 is 5.11 Å². The number of halogens is 3. The zero-order chi connectivity index (χ0) is 9.90. The van der Waals surface area contributed by atoms with Crippen LogP contribution in [0.1, 0.15) is 32.1 Å². The Bertz CT molecular complexity index is 194. The van der Waals surface area contributed by atoms with E-state index in [0.717, 1.165) is 25.7 Å². The summed E-state index contributed by atoms with van der Waals surface area (Å²) in [6.45, 7) is 0. The van der Waals surface area contributed by atoms with Crippen LogP contribution in [0.25, 0.3) is 0 Å². The zero-order valence-corrected chi connectivity index (χ0v) is 9.37. The Morgan fingerprint density at radius 1 is 1.15 bits per heavy atom. The first kappa shape index (κ1) is 11.4. The molecule has 1 aliphatic carbocycles. The van der Waals surface area contributed by atoms with Gasteiger partial charge in [-0.1, -0.05) is 54.1 Å². The normalized spacial score (nSPS) is 21.9. The lowest BCUT2D eigenvalue weighted by atomic mass is 9.96. The van der Waals surface area contributed by atoms with Crippen molar-refractivity contribution in [3.63, 3.8) is 0 Å². The molecule has 0 unspecified atom stereocenters. The maximum Gasteiger partial charge on any atom is 0.218 e. The van der Waals surface area contributed by atoms with E-state index in [1.807, 2.05) is 0 Å².